The predicted octanol–water partition coefficient (Wildman–Crippen LogP) is 4.94. The van der Waals surface area contributed by atoms with Crippen LogP contribution in [0.25, 0.3) is 0 Å². The molecule has 0 aromatic rings. The summed E-state index contributed by atoms with van der Waals surface area (Å²) in [6.45, 7) is 4.68. The summed E-state index contributed by atoms with van der Waals surface area (Å²) in [5, 5.41) is 0. The highest BCUT2D eigenvalue weighted by Crippen LogP contribution is 2.38. The van der Waals surface area contributed by atoms with E-state index >= 15 is 0 Å². The molecule has 1 aliphatic heterocycles. The fourth-order valence-electron chi connectivity index (χ4n) is 3.70. The van der Waals surface area contributed by atoms with Crippen molar-refractivity contribution in [2.24, 2.45) is 11.8 Å². The van der Waals surface area contributed by atoms with E-state index in [0.717, 1.165) is 11.8 Å². The van der Waals surface area contributed by atoms with Gasteiger partial charge in [-0.2, -0.15) is 0 Å². The third kappa shape index (κ3) is 3.71. The summed E-state index contributed by atoms with van der Waals surface area (Å²) in [5.74, 6) is 1.63. The third-order valence-electron chi connectivity index (χ3n) is 5.06. The maximum Gasteiger partial charge on any atom is 0.0610 e. The minimum Gasteiger partial charge on any atom is -0.375 e. The zero-order valence-corrected chi connectivity index (χ0v) is 11.8. The quantitative estimate of drug-likeness (QED) is 0.581. The number of fused-ring (bicyclic) bond motifs is 1. The molecule has 0 N–H and O–H groups in total. The Bertz CT molecular complexity index is 214. The van der Waals surface area contributed by atoms with Gasteiger partial charge < -0.3 is 4.74 Å². The second-order valence-electron chi connectivity index (χ2n) is 6.31. The number of rotatable bonds is 0. The van der Waals surface area contributed by atoms with Gasteiger partial charge in [0, 0.05) is 0 Å². The van der Waals surface area contributed by atoms with Crippen LogP contribution in [-0.4, -0.2) is 12.2 Å². The molecule has 0 aromatic heterocycles. The van der Waals surface area contributed by atoms with E-state index in [1.807, 2.05) is 0 Å². The largest absolute Gasteiger partial charge is 0.375 e. The van der Waals surface area contributed by atoms with Crippen molar-refractivity contribution < 1.29 is 4.74 Å². The van der Waals surface area contributed by atoms with Crippen molar-refractivity contribution in [3.8, 4) is 0 Å². The van der Waals surface area contributed by atoms with Crippen LogP contribution < -0.4 is 0 Å². The van der Waals surface area contributed by atoms with Crippen LogP contribution in [0.4, 0.5) is 0 Å². The lowest BCUT2D eigenvalue weighted by Gasteiger charge is -2.21. The molecular weight excluding hydrogens is 208 g/mol. The van der Waals surface area contributed by atoms with Crippen LogP contribution in [0.3, 0.4) is 0 Å². The smallest absolute Gasteiger partial charge is 0.0610 e. The maximum absolute atomic E-state index is 6.18. The fourth-order valence-corrected chi connectivity index (χ4v) is 3.70. The standard InChI is InChI=1S/C16H30O/c1-13-14(2)17-16-12-10-8-6-4-3-5-7-9-11-15(13)16/h13-16H,3-12H2,1-2H3. The Hall–Kier alpha value is -0.0400. The molecule has 0 bridgehead atoms. The first kappa shape index (κ1) is 13.4. The summed E-state index contributed by atoms with van der Waals surface area (Å²) in [6.07, 6.45) is 15.3. The molecule has 4 atom stereocenters. The van der Waals surface area contributed by atoms with E-state index in [-0.39, 0.29) is 0 Å². The van der Waals surface area contributed by atoms with Gasteiger partial charge in [-0.05, 0) is 31.6 Å². The van der Waals surface area contributed by atoms with Crippen LogP contribution >= 0.6 is 0 Å². The van der Waals surface area contributed by atoms with E-state index < -0.39 is 0 Å². The molecule has 1 heterocycles. The van der Waals surface area contributed by atoms with Gasteiger partial charge in [-0.1, -0.05) is 58.3 Å². The summed E-state index contributed by atoms with van der Waals surface area (Å²) < 4.78 is 6.18. The third-order valence-corrected chi connectivity index (χ3v) is 5.06. The zero-order chi connectivity index (χ0) is 12.1. The van der Waals surface area contributed by atoms with Crippen LogP contribution in [0.2, 0.25) is 0 Å². The van der Waals surface area contributed by atoms with Crippen molar-refractivity contribution in [1.29, 1.82) is 0 Å². The van der Waals surface area contributed by atoms with E-state index in [0.29, 0.717) is 12.2 Å². The minimum atomic E-state index is 0.495. The SMILES string of the molecule is CC1OC2CCCCCCCCCCC2C1C. The summed E-state index contributed by atoms with van der Waals surface area (Å²) in [7, 11) is 0. The molecule has 100 valence electrons. The summed E-state index contributed by atoms with van der Waals surface area (Å²) in [4.78, 5) is 0. The molecular formula is C16H30O. The van der Waals surface area contributed by atoms with Gasteiger partial charge in [-0.3, -0.25) is 0 Å². The Labute approximate surface area is 107 Å². The molecule has 1 saturated carbocycles. The number of hydrogen-bond donors (Lipinski definition) is 0. The van der Waals surface area contributed by atoms with Crippen molar-refractivity contribution in [1.82, 2.24) is 0 Å². The topological polar surface area (TPSA) is 9.23 Å². The monoisotopic (exact) mass is 238 g/mol. The maximum atomic E-state index is 6.18. The zero-order valence-electron chi connectivity index (χ0n) is 11.8. The van der Waals surface area contributed by atoms with Crippen molar-refractivity contribution in [3.63, 3.8) is 0 Å². The normalized spacial score (nSPS) is 41.3. The minimum absolute atomic E-state index is 0.495. The van der Waals surface area contributed by atoms with Crippen LogP contribution in [0.1, 0.15) is 78.1 Å². The van der Waals surface area contributed by atoms with Crippen LogP contribution in [0, 0.1) is 11.8 Å². The second-order valence-corrected chi connectivity index (χ2v) is 6.31. The van der Waals surface area contributed by atoms with E-state index in [9.17, 15) is 0 Å². The Kier molecular flexibility index (Phi) is 5.34. The van der Waals surface area contributed by atoms with Crippen LogP contribution in [-0.2, 0) is 4.74 Å². The van der Waals surface area contributed by atoms with Crippen molar-refractivity contribution in [2.75, 3.05) is 0 Å². The van der Waals surface area contributed by atoms with Gasteiger partial charge in [0.2, 0.25) is 0 Å². The van der Waals surface area contributed by atoms with Crippen molar-refractivity contribution in [2.45, 2.75) is 90.3 Å². The molecule has 0 spiro atoms. The average molecular weight is 238 g/mol. The number of ether oxygens (including phenoxy) is 1. The Balaban J connectivity index is 1.88. The first-order chi connectivity index (χ1) is 8.29. The van der Waals surface area contributed by atoms with Gasteiger partial charge in [0.15, 0.2) is 0 Å². The lowest BCUT2D eigenvalue weighted by molar-refractivity contribution is 0.0322. The molecule has 0 amide bonds. The molecule has 1 aliphatic carbocycles. The lowest BCUT2D eigenvalue weighted by atomic mass is 9.83. The molecule has 1 saturated heterocycles. The van der Waals surface area contributed by atoms with Gasteiger partial charge in [0.1, 0.15) is 0 Å². The second kappa shape index (κ2) is 6.78. The molecule has 2 rings (SSSR count). The Morgan fingerprint density at radius 3 is 1.88 bits per heavy atom. The lowest BCUT2D eigenvalue weighted by Crippen LogP contribution is -2.19. The Morgan fingerprint density at radius 2 is 1.24 bits per heavy atom. The first-order valence-corrected chi connectivity index (χ1v) is 7.94. The molecule has 1 heteroatoms. The van der Waals surface area contributed by atoms with Gasteiger partial charge in [-0.25, -0.2) is 0 Å². The molecule has 0 aromatic carbocycles. The highest BCUT2D eigenvalue weighted by atomic mass is 16.5. The molecule has 2 fully saturated rings. The van der Waals surface area contributed by atoms with E-state index in [2.05, 4.69) is 13.8 Å². The van der Waals surface area contributed by atoms with Gasteiger partial charge in [0.05, 0.1) is 12.2 Å². The molecule has 1 nitrogen and oxygen atoms in total. The average Bonchev–Trinajstić information content (AvgIpc) is 2.56. The van der Waals surface area contributed by atoms with Crippen molar-refractivity contribution in [3.05, 3.63) is 0 Å². The van der Waals surface area contributed by atoms with E-state index in [4.69, 9.17) is 4.74 Å². The summed E-state index contributed by atoms with van der Waals surface area (Å²) in [5.41, 5.74) is 0. The molecule has 17 heavy (non-hydrogen) atoms. The van der Waals surface area contributed by atoms with Gasteiger partial charge >= 0.3 is 0 Å². The Morgan fingerprint density at radius 1 is 0.706 bits per heavy atom. The van der Waals surface area contributed by atoms with Gasteiger partial charge in [0.25, 0.3) is 0 Å². The molecule has 0 radical (unpaired) electrons. The van der Waals surface area contributed by atoms with Crippen molar-refractivity contribution >= 4 is 0 Å². The van der Waals surface area contributed by atoms with Crippen LogP contribution in [0.15, 0.2) is 0 Å². The van der Waals surface area contributed by atoms with Crippen LogP contribution in [0.5, 0.6) is 0 Å². The predicted molar refractivity (Wildman–Crippen MR) is 73.2 cm³/mol. The van der Waals surface area contributed by atoms with Gasteiger partial charge in [-0.15, -0.1) is 0 Å². The summed E-state index contributed by atoms with van der Waals surface area (Å²) in [6, 6.07) is 0. The number of hydrogen-bond acceptors (Lipinski definition) is 1. The molecule has 4 unspecified atom stereocenters. The highest BCUT2D eigenvalue weighted by Gasteiger charge is 2.38. The van der Waals surface area contributed by atoms with E-state index in [1.165, 1.54) is 64.2 Å². The highest BCUT2D eigenvalue weighted by molar-refractivity contribution is 4.86. The first-order valence-electron chi connectivity index (χ1n) is 7.94. The fraction of sp³-hybridized carbons (Fsp3) is 1.00. The summed E-state index contributed by atoms with van der Waals surface area (Å²) >= 11 is 0. The molecule has 2 aliphatic rings. The van der Waals surface area contributed by atoms with E-state index in [1.54, 1.807) is 0 Å².